The van der Waals surface area contributed by atoms with Crippen molar-refractivity contribution in [3.05, 3.63) is 63.7 Å². The second-order valence-electron chi connectivity index (χ2n) is 7.58. The van der Waals surface area contributed by atoms with Gasteiger partial charge in [0.2, 0.25) is 10.0 Å². The fourth-order valence-corrected chi connectivity index (χ4v) is 5.23. The van der Waals surface area contributed by atoms with Gasteiger partial charge in [0.15, 0.2) is 9.84 Å². The van der Waals surface area contributed by atoms with Gasteiger partial charge in [0, 0.05) is 38.0 Å². The standard InChI is InChI=1S/C20H25N3O6S2.ClH/c1-30(26,27)19-6-8-20(9-7-19)31(28,29)21-11-2-3-12-22-13-10-16-4-5-18(23(24)25)14-17(16)15-22;/h4-9,14,21H,2-3,10-13,15H2,1H3;1H. The summed E-state index contributed by atoms with van der Waals surface area (Å²) in [6.45, 7) is 2.55. The second kappa shape index (κ2) is 10.7. The number of nitro groups is 1. The summed E-state index contributed by atoms with van der Waals surface area (Å²) in [5.74, 6) is 0. The number of sulfonamides is 1. The minimum Gasteiger partial charge on any atom is -0.299 e. The topological polar surface area (TPSA) is 127 Å². The molecule has 0 unspecified atom stereocenters. The molecule has 0 radical (unpaired) electrons. The Kier molecular flexibility index (Phi) is 8.77. The van der Waals surface area contributed by atoms with Gasteiger partial charge in [-0.25, -0.2) is 21.6 Å². The van der Waals surface area contributed by atoms with E-state index >= 15 is 0 Å². The van der Waals surface area contributed by atoms with E-state index < -0.39 is 19.9 Å². The molecule has 176 valence electrons. The molecule has 2 aromatic carbocycles. The van der Waals surface area contributed by atoms with Gasteiger partial charge < -0.3 is 0 Å². The predicted molar refractivity (Wildman–Crippen MR) is 123 cm³/mol. The van der Waals surface area contributed by atoms with E-state index in [4.69, 9.17) is 0 Å². The van der Waals surface area contributed by atoms with E-state index in [1.165, 1.54) is 30.3 Å². The zero-order valence-corrected chi connectivity index (χ0v) is 20.0. The number of unbranched alkanes of at least 4 members (excludes halogenated alkanes) is 1. The summed E-state index contributed by atoms with van der Waals surface area (Å²) in [6, 6.07) is 10.1. The van der Waals surface area contributed by atoms with Crippen LogP contribution in [0.15, 0.2) is 52.3 Å². The molecular weight excluding hydrogens is 478 g/mol. The van der Waals surface area contributed by atoms with Gasteiger partial charge in [-0.2, -0.15) is 0 Å². The summed E-state index contributed by atoms with van der Waals surface area (Å²) in [5, 5.41) is 11.0. The molecule has 1 N–H and O–H groups in total. The van der Waals surface area contributed by atoms with Crippen molar-refractivity contribution in [1.82, 2.24) is 9.62 Å². The Balaban J connectivity index is 0.00000363. The molecule has 12 heteroatoms. The van der Waals surface area contributed by atoms with Crippen LogP contribution in [-0.4, -0.2) is 52.5 Å². The molecule has 1 heterocycles. The molecule has 0 aromatic heterocycles. The van der Waals surface area contributed by atoms with Gasteiger partial charge in [-0.1, -0.05) is 6.07 Å². The van der Waals surface area contributed by atoms with Gasteiger partial charge in [0.05, 0.1) is 14.7 Å². The molecule has 1 aliphatic rings. The number of non-ortho nitro benzene ring substituents is 1. The second-order valence-corrected chi connectivity index (χ2v) is 11.4. The van der Waals surface area contributed by atoms with E-state index in [1.54, 1.807) is 6.07 Å². The van der Waals surface area contributed by atoms with E-state index in [0.29, 0.717) is 13.0 Å². The van der Waals surface area contributed by atoms with Crippen molar-refractivity contribution in [1.29, 1.82) is 0 Å². The Labute approximate surface area is 194 Å². The molecule has 32 heavy (non-hydrogen) atoms. The summed E-state index contributed by atoms with van der Waals surface area (Å²) >= 11 is 0. The lowest BCUT2D eigenvalue weighted by atomic mass is 9.99. The van der Waals surface area contributed by atoms with Crippen LogP contribution in [0.4, 0.5) is 5.69 Å². The highest BCUT2D eigenvalue weighted by Crippen LogP contribution is 2.24. The summed E-state index contributed by atoms with van der Waals surface area (Å²) in [5.41, 5.74) is 2.20. The lowest BCUT2D eigenvalue weighted by Gasteiger charge is -2.28. The maximum absolute atomic E-state index is 12.4. The number of nitrogens with zero attached hydrogens (tertiary/aromatic N) is 2. The fraction of sp³-hybridized carbons (Fsp3) is 0.400. The maximum Gasteiger partial charge on any atom is 0.269 e. The molecule has 2 aromatic rings. The highest BCUT2D eigenvalue weighted by molar-refractivity contribution is 7.90. The zero-order valence-electron chi connectivity index (χ0n) is 17.6. The SMILES string of the molecule is CS(=O)(=O)c1ccc(S(=O)(=O)NCCCCN2CCc3ccc([N+](=O)[O-])cc3C2)cc1.Cl. The maximum atomic E-state index is 12.4. The van der Waals surface area contributed by atoms with Crippen molar-refractivity contribution in [2.45, 2.75) is 35.6 Å². The van der Waals surface area contributed by atoms with E-state index in [1.807, 2.05) is 6.07 Å². The molecule has 0 atom stereocenters. The molecule has 0 fully saturated rings. The molecule has 0 amide bonds. The first-order valence-corrected chi connectivity index (χ1v) is 13.2. The van der Waals surface area contributed by atoms with Crippen molar-refractivity contribution in [2.24, 2.45) is 0 Å². The number of halogens is 1. The first-order valence-electron chi connectivity index (χ1n) is 9.84. The van der Waals surface area contributed by atoms with Gasteiger partial charge >= 0.3 is 0 Å². The molecular formula is C20H26ClN3O6S2. The Hall–Kier alpha value is -2.05. The minimum absolute atomic E-state index is 0. The van der Waals surface area contributed by atoms with Crippen molar-refractivity contribution in [3.8, 4) is 0 Å². The quantitative estimate of drug-likeness (QED) is 0.316. The molecule has 0 saturated heterocycles. The average molecular weight is 504 g/mol. The summed E-state index contributed by atoms with van der Waals surface area (Å²) in [6.07, 6.45) is 3.32. The van der Waals surface area contributed by atoms with Crippen LogP contribution in [0.2, 0.25) is 0 Å². The lowest BCUT2D eigenvalue weighted by Crippen LogP contribution is -2.32. The number of hydrogen-bond donors (Lipinski definition) is 1. The number of rotatable bonds is 9. The van der Waals surface area contributed by atoms with Crippen molar-refractivity contribution >= 4 is 38.0 Å². The summed E-state index contributed by atoms with van der Waals surface area (Å²) < 4.78 is 50.2. The van der Waals surface area contributed by atoms with Crippen molar-refractivity contribution in [3.63, 3.8) is 0 Å². The predicted octanol–water partition coefficient (Wildman–Crippen LogP) is 2.54. The minimum atomic E-state index is -3.70. The largest absolute Gasteiger partial charge is 0.299 e. The van der Waals surface area contributed by atoms with Gasteiger partial charge in [-0.15, -0.1) is 12.4 Å². The Morgan fingerprint density at radius 1 is 1.00 bits per heavy atom. The van der Waals surface area contributed by atoms with Crippen LogP contribution in [0.5, 0.6) is 0 Å². The molecule has 0 aliphatic carbocycles. The zero-order chi connectivity index (χ0) is 22.6. The number of nitrogens with one attached hydrogen (secondary N) is 1. The normalized spacial score (nSPS) is 14.4. The monoisotopic (exact) mass is 503 g/mol. The van der Waals surface area contributed by atoms with Crippen LogP contribution in [-0.2, 0) is 32.8 Å². The highest BCUT2D eigenvalue weighted by atomic mass is 35.5. The first kappa shape index (κ1) is 26.2. The lowest BCUT2D eigenvalue weighted by molar-refractivity contribution is -0.385. The van der Waals surface area contributed by atoms with E-state index in [0.717, 1.165) is 43.3 Å². The third kappa shape index (κ3) is 6.72. The van der Waals surface area contributed by atoms with E-state index in [2.05, 4.69) is 9.62 Å². The van der Waals surface area contributed by atoms with Crippen LogP contribution in [0, 0.1) is 10.1 Å². The van der Waals surface area contributed by atoms with Gasteiger partial charge in [0.25, 0.3) is 5.69 Å². The molecule has 0 spiro atoms. The van der Waals surface area contributed by atoms with E-state index in [9.17, 15) is 26.9 Å². The Morgan fingerprint density at radius 2 is 1.66 bits per heavy atom. The number of fused-ring (bicyclic) bond motifs is 1. The first-order chi connectivity index (χ1) is 14.6. The average Bonchev–Trinajstić information content (AvgIpc) is 2.72. The van der Waals surface area contributed by atoms with Crippen molar-refractivity contribution < 1.29 is 21.8 Å². The molecule has 9 nitrogen and oxygen atoms in total. The molecule has 0 bridgehead atoms. The third-order valence-electron chi connectivity index (χ3n) is 5.25. The third-order valence-corrected chi connectivity index (χ3v) is 7.85. The Morgan fingerprint density at radius 3 is 2.28 bits per heavy atom. The molecule has 0 saturated carbocycles. The van der Waals surface area contributed by atoms with Crippen LogP contribution in [0.25, 0.3) is 0 Å². The van der Waals surface area contributed by atoms with Crippen LogP contribution in [0.1, 0.15) is 24.0 Å². The number of nitro benzene ring substituents is 1. The Bertz CT molecular complexity index is 1170. The summed E-state index contributed by atoms with van der Waals surface area (Å²) in [7, 11) is -7.08. The summed E-state index contributed by atoms with van der Waals surface area (Å²) in [4.78, 5) is 12.9. The van der Waals surface area contributed by atoms with E-state index in [-0.39, 0.29) is 39.4 Å². The van der Waals surface area contributed by atoms with Crippen LogP contribution >= 0.6 is 12.4 Å². The highest BCUT2D eigenvalue weighted by Gasteiger charge is 2.19. The van der Waals surface area contributed by atoms with Gasteiger partial charge in [0.1, 0.15) is 0 Å². The fourth-order valence-electron chi connectivity index (χ4n) is 3.52. The van der Waals surface area contributed by atoms with Crippen molar-refractivity contribution in [2.75, 3.05) is 25.9 Å². The number of hydrogen-bond acceptors (Lipinski definition) is 7. The van der Waals surface area contributed by atoms with Gasteiger partial charge in [-0.05, 0) is 61.2 Å². The van der Waals surface area contributed by atoms with Crippen LogP contribution < -0.4 is 4.72 Å². The number of benzene rings is 2. The number of sulfone groups is 1. The van der Waals surface area contributed by atoms with Gasteiger partial charge in [-0.3, -0.25) is 15.0 Å². The van der Waals surface area contributed by atoms with Crippen LogP contribution in [0.3, 0.4) is 0 Å². The smallest absolute Gasteiger partial charge is 0.269 e. The molecule has 1 aliphatic heterocycles. The molecule has 3 rings (SSSR count).